The Kier molecular flexibility index (Phi) is 4.50. The van der Waals surface area contributed by atoms with Gasteiger partial charge in [-0.15, -0.1) is 0 Å². The Morgan fingerprint density at radius 3 is 2.32 bits per heavy atom. The number of esters is 1. The Hall–Kier alpha value is -1.88. The second-order valence-corrected chi connectivity index (χ2v) is 7.86. The van der Waals surface area contributed by atoms with Crippen molar-refractivity contribution in [3.63, 3.8) is 0 Å². The summed E-state index contributed by atoms with van der Waals surface area (Å²) in [6.07, 6.45) is 3.44. The fourth-order valence-corrected chi connectivity index (χ4v) is 3.76. The molecule has 0 bridgehead atoms. The molecular formula is C20H20BrNO3. The van der Waals surface area contributed by atoms with Gasteiger partial charge in [-0.1, -0.05) is 28.1 Å². The maximum Gasteiger partial charge on any atom is 0.314 e. The van der Waals surface area contributed by atoms with Crippen LogP contribution in [0.1, 0.15) is 25.7 Å². The molecule has 130 valence electrons. The van der Waals surface area contributed by atoms with Gasteiger partial charge in [-0.25, -0.2) is 0 Å². The summed E-state index contributed by atoms with van der Waals surface area (Å²) in [4.78, 5) is 26.4. The SMILES string of the molecule is O=C(Oc1ccc2cc(Br)ccc2c1)C1CCN(C(=O)C2CC2)CC1. The maximum atomic E-state index is 12.4. The number of rotatable bonds is 3. The Morgan fingerprint density at radius 2 is 1.60 bits per heavy atom. The predicted molar refractivity (Wildman–Crippen MR) is 99.3 cm³/mol. The van der Waals surface area contributed by atoms with Crippen molar-refractivity contribution in [2.45, 2.75) is 25.7 Å². The summed E-state index contributed by atoms with van der Waals surface area (Å²) in [7, 11) is 0. The van der Waals surface area contributed by atoms with Gasteiger partial charge in [0.1, 0.15) is 5.75 Å². The Balaban J connectivity index is 1.37. The number of likely N-dealkylation sites (tertiary alicyclic amines) is 1. The van der Waals surface area contributed by atoms with Crippen LogP contribution in [-0.4, -0.2) is 29.9 Å². The number of piperidine rings is 1. The third-order valence-electron chi connectivity index (χ3n) is 5.06. The van der Waals surface area contributed by atoms with Gasteiger partial charge in [0.2, 0.25) is 5.91 Å². The van der Waals surface area contributed by atoms with Crippen LogP contribution in [0.3, 0.4) is 0 Å². The Labute approximate surface area is 155 Å². The van der Waals surface area contributed by atoms with E-state index >= 15 is 0 Å². The summed E-state index contributed by atoms with van der Waals surface area (Å²) in [5.41, 5.74) is 0. The van der Waals surface area contributed by atoms with E-state index in [0.717, 1.165) is 28.1 Å². The molecular weight excluding hydrogens is 382 g/mol. The van der Waals surface area contributed by atoms with Crippen LogP contribution in [-0.2, 0) is 9.59 Å². The third kappa shape index (κ3) is 3.71. The second-order valence-electron chi connectivity index (χ2n) is 6.95. The molecule has 25 heavy (non-hydrogen) atoms. The smallest absolute Gasteiger partial charge is 0.314 e. The number of halogens is 1. The van der Waals surface area contributed by atoms with Crippen molar-refractivity contribution in [2.24, 2.45) is 11.8 Å². The third-order valence-corrected chi connectivity index (χ3v) is 5.55. The summed E-state index contributed by atoms with van der Waals surface area (Å²) >= 11 is 3.46. The number of benzene rings is 2. The lowest BCUT2D eigenvalue weighted by Gasteiger charge is -2.31. The van der Waals surface area contributed by atoms with E-state index in [-0.39, 0.29) is 23.7 Å². The zero-order chi connectivity index (χ0) is 17.4. The minimum atomic E-state index is -0.185. The van der Waals surface area contributed by atoms with Crippen molar-refractivity contribution >= 4 is 38.6 Å². The van der Waals surface area contributed by atoms with E-state index < -0.39 is 0 Å². The number of nitrogens with zero attached hydrogens (tertiary/aromatic N) is 1. The van der Waals surface area contributed by atoms with Crippen molar-refractivity contribution in [2.75, 3.05) is 13.1 Å². The van der Waals surface area contributed by atoms with Crippen LogP contribution in [0.2, 0.25) is 0 Å². The topological polar surface area (TPSA) is 46.6 Å². The summed E-state index contributed by atoms with van der Waals surface area (Å²) in [6.45, 7) is 1.34. The predicted octanol–water partition coefficient (Wildman–Crippen LogP) is 4.16. The van der Waals surface area contributed by atoms with Gasteiger partial charge < -0.3 is 9.64 Å². The first kappa shape index (κ1) is 16.6. The molecule has 0 radical (unpaired) electrons. The van der Waals surface area contributed by atoms with Crippen LogP contribution in [0, 0.1) is 11.8 Å². The number of amides is 1. The van der Waals surface area contributed by atoms with E-state index in [1.807, 2.05) is 41.3 Å². The molecule has 1 aliphatic carbocycles. The monoisotopic (exact) mass is 401 g/mol. The summed E-state index contributed by atoms with van der Waals surface area (Å²) < 4.78 is 6.62. The molecule has 1 heterocycles. The summed E-state index contributed by atoms with van der Waals surface area (Å²) in [5, 5.41) is 2.14. The van der Waals surface area contributed by atoms with E-state index in [9.17, 15) is 9.59 Å². The molecule has 1 saturated carbocycles. The molecule has 2 aromatic carbocycles. The molecule has 0 atom stereocenters. The maximum absolute atomic E-state index is 12.4. The molecule has 1 aliphatic heterocycles. The van der Waals surface area contributed by atoms with E-state index in [1.165, 1.54) is 0 Å². The molecule has 2 aromatic rings. The Morgan fingerprint density at radius 1 is 0.920 bits per heavy atom. The van der Waals surface area contributed by atoms with Gasteiger partial charge in [0.05, 0.1) is 5.92 Å². The highest BCUT2D eigenvalue weighted by molar-refractivity contribution is 9.10. The number of hydrogen-bond donors (Lipinski definition) is 0. The molecule has 2 fully saturated rings. The van der Waals surface area contributed by atoms with Crippen molar-refractivity contribution < 1.29 is 14.3 Å². The highest BCUT2D eigenvalue weighted by Gasteiger charge is 2.36. The lowest BCUT2D eigenvalue weighted by atomic mass is 9.96. The minimum Gasteiger partial charge on any atom is -0.426 e. The number of ether oxygens (including phenoxy) is 1. The van der Waals surface area contributed by atoms with Gasteiger partial charge in [0.25, 0.3) is 0 Å². The Bertz CT molecular complexity index is 823. The molecule has 0 spiro atoms. The highest BCUT2D eigenvalue weighted by atomic mass is 79.9. The molecule has 1 saturated heterocycles. The number of carbonyl (C=O) groups is 2. The number of carbonyl (C=O) groups excluding carboxylic acids is 2. The van der Waals surface area contributed by atoms with Crippen molar-refractivity contribution in [1.29, 1.82) is 0 Å². The van der Waals surface area contributed by atoms with Crippen LogP contribution in [0.15, 0.2) is 40.9 Å². The van der Waals surface area contributed by atoms with Crippen molar-refractivity contribution in [1.82, 2.24) is 4.90 Å². The zero-order valence-electron chi connectivity index (χ0n) is 13.9. The van der Waals surface area contributed by atoms with Crippen LogP contribution < -0.4 is 4.74 Å². The average Bonchev–Trinajstić information content (AvgIpc) is 3.46. The molecule has 0 aromatic heterocycles. The summed E-state index contributed by atoms with van der Waals surface area (Å²) in [5.74, 6) is 0.795. The minimum absolute atomic E-state index is 0.121. The fraction of sp³-hybridized carbons (Fsp3) is 0.400. The second kappa shape index (κ2) is 6.79. The molecule has 0 unspecified atom stereocenters. The van der Waals surface area contributed by atoms with Gasteiger partial charge in [-0.05, 0) is 60.7 Å². The first-order chi connectivity index (χ1) is 12.1. The van der Waals surface area contributed by atoms with Crippen molar-refractivity contribution in [3.05, 3.63) is 40.9 Å². The van der Waals surface area contributed by atoms with Crippen LogP contribution in [0.25, 0.3) is 10.8 Å². The molecule has 5 heteroatoms. The largest absolute Gasteiger partial charge is 0.426 e. The molecule has 4 nitrogen and oxygen atoms in total. The molecule has 2 aliphatic rings. The van der Waals surface area contributed by atoms with Gasteiger partial charge in [-0.2, -0.15) is 0 Å². The lowest BCUT2D eigenvalue weighted by molar-refractivity contribution is -0.143. The molecule has 4 rings (SSSR count). The number of hydrogen-bond acceptors (Lipinski definition) is 3. The van der Waals surface area contributed by atoms with Crippen LogP contribution in [0.5, 0.6) is 5.75 Å². The molecule has 0 N–H and O–H groups in total. The van der Waals surface area contributed by atoms with Crippen LogP contribution in [0.4, 0.5) is 0 Å². The van der Waals surface area contributed by atoms with E-state index in [0.29, 0.717) is 31.7 Å². The van der Waals surface area contributed by atoms with E-state index in [2.05, 4.69) is 15.9 Å². The highest BCUT2D eigenvalue weighted by Crippen LogP contribution is 2.33. The van der Waals surface area contributed by atoms with Gasteiger partial charge in [0.15, 0.2) is 0 Å². The quantitative estimate of drug-likeness (QED) is 0.572. The van der Waals surface area contributed by atoms with Gasteiger partial charge >= 0.3 is 5.97 Å². The first-order valence-corrected chi connectivity index (χ1v) is 9.59. The van der Waals surface area contributed by atoms with Gasteiger partial charge in [-0.3, -0.25) is 9.59 Å². The van der Waals surface area contributed by atoms with E-state index in [4.69, 9.17) is 4.74 Å². The number of fused-ring (bicyclic) bond motifs is 1. The zero-order valence-corrected chi connectivity index (χ0v) is 15.5. The lowest BCUT2D eigenvalue weighted by Crippen LogP contribution is -2.41. The van der Waals surface area contributed by atoms with E-state index in [1.54, 1.807) is 0 Å². The fourth-order valence-electron chi connectivity index (χ4n) is 3.38. The standard InChI is InChI=1S/C20H20BrNO3/c21-17-5-3-16-12-18(6-4-15(16)11-17)25-20(24)14-7-9-22(10-8-14)19(23)13-1-2-13/h3-6,11-14H,1-2,7-10H2. The molecule has 1 amide bonds. The van der Waals surface area contributed by atoms with Crippen molar-refractivity contribution in [3.8, 4) is 5.75 Å². The normalized spacial score (nSPS) is 18.4. The average molecular weight is 402 g/mol. The summed E-state index contributed by atoms with van der Waals surface area (Å²) in [6, 6.07) is 11.7. The van der Waals surface area contributed by atoms with Gasteiger partial charge in [0, 0.05) is 23.5 Å². The first-order valence-electron chi connectivity index (χ1n) is 8.80. The van der Waals surface area contributed by atoms with Crippen LogP contribution >= 0.6 is 15.9 Å².